The molecule has 0 amide bonds. The fraction of sp³-hybridized carbons (Fsp3) is 0.188. The molecule has 0 aliphatic heterocycles. The third-order valence-electron chi connectivity index (χ3n) is 3.60. The number of anilines is 1. The first kappa shape index (κ1) is 17.2. The molecule has 3 aromatic rings. The lowest BCUT2D eigenvalue weighted by Crippen LogP contribution is -2.11. The number of nitrogens with zero attached hydrogens (tertiary/aromatic N) is 4. The van der Waals surface area contributed by atoms with Crippen LogP contribution in [0, 0.1) is 0 Å². The average Bonchev–Trinajstić information content (AvgIpc) is 3.10. The van der Waals surface area contributed by atoms with Gasteiger partial charge < -0.3 is 5.32 Å². The highest BCUT2D eigenvalue weighted by Gasteiger charge is 2.31. The SMILES string of the molecule is CC(Nc1ncc(C(F)(F)F)cc1Cl)c1ccc(-n2cncn2)cc1. The van der Waals surface area contributed by atoms with E-state index in [4.69, 9.17) is 11.6 Å². The minimum atomic E-state index is -4.47. The molecule has 2 aromatic heterocycles. The third-order valence-corrected chi connectivity index (χ3v) is 3.89. The Morgan fingerprint density at radius 2 is 1.92 bits per heavy atom. The number of alkyl halides is 3. The van der Waals surface area contributed by atoms with Crippen molar-refractivity contribution in [3.05, 3.63) is 65.3 Å². The molecular weight excluding hydrogens is 355 g/mol. The maximum absolute atomic E-state index is 12.7. The Balaban J connectivity index is 1.75. The van der Waals surface area contributed by atoms with Crippen LogP contribution >= 0.6 is 11.6 Å². The highest BCUT2D eigenvalue weighted by molar-refractivity contribution is 6.33. The average molecular weight is 368 g/mol. The molecule has 0 aliphatic carbocycles. The summed E-state index contributed by atoms with van der Waals surface area (Å²) in [7, 11) is 0. The van der Waals surface area contributed by atoms with Crippen LogP contribution in [0.4, 0.5) is 19.0 Å². The zero-order valence-electron chi connectivity index (χ0n) is 13.0. The van der Waals surface area contributed by atoms with Crippen molar-refractivity contribution in [1.82, 2.24) is 19.7 Å². The molecule has 1 atom stereocenters. The lowest BCUT2D eigenvalue weighted by Gasteiger charge is -2.17. The second kappa shape index (κ2) is 6.72. The lowest BCUT2D eigenvalue weighted by molar-refractivity contribution is -0.137. The third kappa shape index (κ3) is 3.90. The predicted octanol–water partition coefficient (Wildman–Crippen LogP) is 4.51. The van der Waals surface area contributed by atoms with Crippen molar-refractivity contribution >= 4 is 17.4 Å². The topological polar surface area (TPSA) is 55.6 Å². The Bertz CT molecular complexity index is 847. The molecule has 1 aromatic carbocycles. The van der Waals surface area contributed by atoms with E-state index in [-0.39, 0.29) is 16.9 Å². The Morgan fingerprint density at radius 1 is 1.20 bits per heavy atom. The van der Waals surface area contributed by atoms with E-state index in [0.717, 1.165) is 23.5 Å². The van der Waals surface area contributed by atoms with E-state index in [1.807, 2.05) is 31.2 Å². The van der Waals surface area contributed by atoms with Gasteiger partial charge in [-0.05, 0) is 30.7 Å². The van der Waals surface area contributed by atoms with Gasteiger partial charge in [0, 0.05) is 12.2 Å². The molecule has 0 fully saturated rings. The number of halogens is 4. The number of rotatable bonds is 4. The predicted molar refractivity (Wildman–Crippen MR) is 87.6 cm³/mol. The summed E-state index contributed by atoms with van der Waals surface area (Å²) in [6.07, 6.45) is -0.689. The van der Waals surface area contributed by atoms with Gasteiger partial charge in [-0.3, -0.25) is 0 Å². The molecule has 1 unspecified atom stereocenters. The smallest absolute Gasteiger partial charge is 0.362 e. The van der Waals surface area contributed by atoms with Crippen molar-refractivity contribution < 1.29 is 13.2 Å². The number of hydrogen-bond donors (Lipinski definition) is 1. The summed E-state index contributed by atoms with van der Waals surface area (Å²) < 4.78 is 39.6. The molecule has 0 aliphatic rings. The molecule has 0 saturated carbocycles. The van der Waals surface area contributed by atoms with Gasteiger partial charge in [0.1, 0.15) is 18.5 Å². The number of pyridine rings is 1. The first-order valence-electron chi connectivity index (χ1n) is 7.29. The van der Waals surface area contributed by atoms with Gasteiger partial charge in [-0.2, -0.15) is 18.3 Å². The van der Waals surface area contributed by atoms with Crippen LogP contribution in [0.15, 0.2) is 49.2 Å². The molecule has 1 N–H and O–H groups in total. The van der Waals surface area contributed by atoms with E-state index in [1.54, 1.807) is 11.0 Å². The van der Waals surface area contributed by atoms with E-state index in [2.05, 4.69) is 20.4 Å². The largest absolute Gasteiger partial charge is 0.417 e. The first-order chi connectivity index (χ1) is 11.8. The fourth-order valence-electron chi connectivity index (χ4n) is 2.24. The Labute approximate surface area is 146 Å². The van der Waals surface area contributed by atoms with Gasteiger partial charge in [0.05, 0.1) is 16.3 Å². The standard InChI is InChI=1S/C16H13ClF3N5/c1-10(11-2-4-13(5-3-11)25-9-21-8-23-25)24-15-14(17)6-12(7-22-15)16(18,19)20/h2-10H,1H3,(H,22,24). The summed E-state index contributed by atoms with van der Waals surface area (Å²) in [6, 6.07) is 8.15. The maximum atomic E-state index is 12.7. The second-order valence-corrected chi connectivity index (χ2v) is 5.76. The summed E-state index contributed by atoms with van der Waals surface area (Å²) in [6.45, 7) is 1.86. The summed E-state index contributed by atoms with van der Waals surface area (Å²) >= 11 is 5.92. The van der Waals surface area contributed by atoms with Crippen molar-refractivity contribution in [2.24, 2.45) is 0 Å². The van der Waals surface area contributed by atoms with E-state index in [0.29, 0.717) is 0 Å². The van der Waals surface area contributed by atoms with Crippen LogP contribution in [0.2, 0.25) is 5.02 Å². The number of aromatic nitrogens is 4. The quantitative estimate of drug-likeness (QED) is 0.737. The second-order valence-electron chi connectivity index (χ2n) is 5.35. The van der Waals surface area contributed by atoms with Crippen LogP contribution in [-0.4, -0.2) is 19.7 Å². The van der Waals surface area contributed by atoms with Crippen LogP contribution in [0.1, 0.15) is 24.1 Å². The fourth-order valence-corrected chi connectivity index (χ4v) is 2.47. The molecule has 25 heavy (non-hydrogen) atoms. The van der Waals surface area contributed by atoms with Crippen molar-refractivity contribution in [2.75, 3.05) is 5.32 Å². The Morgan fingerprint density at radius 3 is 2.48 bits per heavy atom. The summed E-state index contributed by atoms with van der Waals surface area (Å²) in [5.41, 5.74) is 0.883. The van der Waals surface area contributed by atoms with E-state index >= 15 is 0 Å². The molecule has 9 heteroatoms. The maximum Gasteiger partial charge on any atom is 0.417 e. The van der Waals surface area contributed by atoms with Crippen LogP contribution in [0.25, 0.3) is 5.69 Å². The summed E-state index contributed by atoms with van der Waals surface area (Å²) in [5, 5.41) is 6.97. The molecular formula is C16H13ClF3N5. The van der Waals surface area contributed by atoms with Crippen molar-refractivity contribution in [3.63, 3.8) is 0 Å². The zero-order valence-corrected chi connectivity index (χ0v) is 13.8. The minimum absolute atomic E-state index is 0.0825. The molecule has 0 radical (unpaired) electrons. The zero-order chi connectivity index (χ0) is 18.0. The number of benzene rings is 1. The van der Waals surface area contributed by atoms with Gasteiger partial charge in [0.2, 0.25) is 0 Å². The Hall–Kier alpha value is -2.61. The van der Waals surface area contributed by atoms with Crippen LogP contribution in [0.3, 0.4) is 0 Å². The highest BCUT2D eigenvalue weighted by Crippen LogP contribution is 2.33. The van der Waals surface area contributed by atoms with E-state index < -0.39 is 11.7 Å². The van der Waals surface area contributed by atoms with Gasteiger partial charge in [0.25, 0.3) is 0 Å². The van der Waals surface area contributed by atoms with E-state index in [9.17, 15) is 13.2 Å². The van der Waals surface area contributed by atoms with Gasteiger partial charge in [-0.25, -0.2) is 14.6 Å². The monoisotopic (exact) mass is 367 g/mol. The summed E-state index contributed by atoms with van der Waals surface area (Å²) in [4.78, 5) is 7.67. The number of hydrogen-bond acceptors (Lipinski definition) is 4. The molecule has 5 nitrogen and oxygen atoms in total. The molecule has 130 valence electrons. The molecule has 0 saturated heterocycles. The lowest BCUT2D eigenvalue weighted by atomic mass is 10.1. The summed E-state index contributed by atoms with van der Waals surface area (Å²) in [5.74, 6) is 0.197. The molecule has 0 spiro atoms. The van der Waals surface area contributed by atoms with Crippen LogP contribution in [0.5, 0.6) is 0 Å². The minimum Gasteiger partial charge on any atom is -0.362 e. The van der Waals surface area contributed by atoms with Crippen molar-refractivity contribution in [3.8, 4) is 5.69 Å². The van der Waals surface area contributed by atoms with Gasteiger partial charge in [-0.15, -0.1) is 0 Å². The van der Waals surface area contributed by atoms with Crippen LogP contribution in [-0.2, 0) is 6.18 Å². The normalized spacial score (nSPS) is 12.8. The molecule has 3 rings (SSSR count). The van der Waals surface area contributed by atoms with Crippen molar-refractivity contribution in [1.29, 1.82) is 0 Å². The van der Waals surface area contributed by atoms with Gasteiger partial charge in [0.15, 0.2) is 0 Å². The Kier molecular flexibility index (Phi) is 4.63. The molecule has 0 bridgehead atoms. The first-order valence-corrected chi connectivity index (χ1v) is 7.66. The van der Waals surface area contributed by atoms with Crippen molar-refractivity contribution in [2.45, 2.75) is 19.1 Å². The number of nitrogens with one attached hydrogen (secondary N) is 1. The van der Waals surface area contributed by atoms with E-state index in [1.165, 1.54) is 6.33 Å². The molecule has 2 heterocycles. The van der Waals surface area contributed by atoms with Crippen LogP contribution < -0.4 is 5.32 Å². The van der Waals surface area contributed by atoms with Gasteiger partial charge >= 0.3 is 6.18 Å². The van der Waals surface area contributed by atoms with Gasteiger partial charge in [-0.1, -0.05) is 23.7 Å². The highest BCUT2D eigenvalue weighted by atomic mass is 35.5.